The molecule has 0 atom stereocenters. The van der Waals surface area contributed by atoms with Crippen molar-refractivity contribution in [3.05, 3.63) is 65.4 Å². The average molecular weight is 441 g/mol. The Morgan fingerprint density at radius 1 is 1.07 bits per heavy atom. The molecule has 4 rings (SSSR count). The molecule has 0 unspecified atom stereocenters. The second-order valence-corrected chi connectivity index (χ2v) is 8.15. The number of aromatic nitrogens is 5. The van der Waals surface area contributed by atoms with Gasteiger partial charge in [0.15, 0.2) is 11.0 Å². The van der Waals surface area contributed by atoms with Crippen LogP contribution in [0.5, 0.6) is 0 Å². The number of thioether (sulfide) groups is 1. The highest BCUT2D eigenvalue weighted by Crippen LogP contribution is 2.29. The predicted octanol–water partition coefficient (Wildman–Crippen LogP) is 4.22. The van der Waals surface area contributed by atoms with Crippen LogP contribution in [-0.4, -0.2) is 36.6 Å². The number of para-hydroxylation sites is 1. The summed E-state index contributed by atoms with van der Waals surface area (Å²) in [5.41, 5.74) is 1.12. The number of amides is 1. The van der Waals surface area contributed by atoms with Gasteiger partial charge >= 0.3 is 0 Å². The highest BCUT2D eigenvalue weighted by Gasteiger charge is 2.19. The molecular formula is C20H17FN6OS2. The topological polar surface area (TPSA) is 85.6 Å². The fourth-order valence-electron chi connectivity index (χ4n) is 2.72. The van der Waals surface area contributed by atoms with Crippen molar-refractivity contribution in [2.24, 2.45) is 0 Å². The molecule has 0 aliphatic rings. The molecule has 0 bridgehead atoms. The summed E-state index contributed by atoms with van der Waals surface area (Å²) in [5, 5.41) is 20.9. The summed E-state index contributed by atoms with van der Waals surface area (Å²) in [6.07, 6.45) is 0.765. The lowest BCUT2D eigenvalue weighted by Crippen LogP contribution is -2.14. The van der Waals surface area contributed by atoms with E-state index in [1.54, 1.807) is 22.8 Å². The second kappa shape index (κ2) is 9.14. The van der Waals surface area contributed by atoms with Gasteiger partial charge in [-0.25, -0.2) is 4.39 Å². The minimum absolute atomic E-state index is 0.100. The molecular weight excluding hydrogens is 423 g/mol. The Kier molecular flexibility index (Phi) is 6.15. The van der Waals surface area contributed by atoms with E-state index in [1.165, 1.54) is 29.2 Å². The normalized spacial score (nSPS) is 10.9. The SMILES string of the molecule is CCc1nnc(NC(=O)CSc2nnc(-c3ccccc3F)n2-c2ccccc2)s1. The zero-order valence-corrected chi connectivity index (χ0v) is 17.6. The van der Waals surface area contributed by atoms with E-state index in [0.29, 0.717) is 21.7 Å². The molecule has 0 aliphatic heterocycles. The second-order valence-electron chi connectivity index (χ2n) is 6.15. The third-order valence-electron chi connectivity index (χ3n) is 4.11. The number of anilines is 1. The molecule has 0 aliphatic carbocycles. The van der Waals surface area contributed by atoms with E-state index >= 15 is 0 Å². The van der Waals surface area contributed by atoms with Crippen molar-refractivity contribution in [2.75, 3.05) is 11.1 Å². The molecule has 2 aromatic carbocycles. The molecule has 4 aromatic rings. The molecule has 30 heavy (non-hydrogen) atoms. The Morgan fingerprint density at radius 2 is 1.83 bits per heavy atom. The first-order valence-corrected chi connectivity index (χ1v) is 11.0. The third kappa shape index (κ3) is 4.39. The number of halogens is 1. The van der Waals surface area contributed by atoms with E-state index < -0.39 is 0 Å². The van der Waals surface area contributed by atoms with Crippen LogP contribution < -0.4 is 5.32 Å². The molecule has 7 nitrogen and oxygen atoms in total. The number of carbonyl (C=O) groups is 1. The maximum atomic E-state index is 14.4. The molecule has 0 radical (unpaired) electrons. The molecule has 0 spiro atoms. The minimum Gasteiger partial charge on any atom is -0.300 e. The van der Waals surface area contributed by atoms with Crippen molar-refractivity contribution < 1.29 is 9.18 Å². The van der Waals surface area contributed by atoms with Crippen molar-refractivity contribution in [2.45, 2.75) is 18.5 Å². The van der Waals surface area contributed by atoms with Crippen LogP contribution in [0.3, 0.4) is 0 Å². The Balaban J connectivity index is 1.59. The van der Waals surface area contributed by atoms with E-state index in [-0.39, 0.29) is 17.5 Å². The average Bonchev–Trinajstić information content (AvgIpc) is 3.40. The first-order chi connectivity index (χ1) is 14.7. The van der Waals surface area contributed by atoms with Gasteiger partial charge in [-0.1, -0.05) is 60.4 Å². The van der Waals surface area contributed by atoms with E-state index in [0.717, 1.165) is 17.1 Å². The van der Waals surface area contributed by atoms with Crippen LogP contribution >= 0.6 is 23.1 Å². The molecule has 0 saturated heterocycles. The molecule has 0 fully saturated rings. The summed E-state index contributed by atoms with van der Waals surface area (Å²) in [4.78, 5) is 12.4. The van der Waals surface area contributed by atoms with E-state index in [1.807, 2.05) is 37.3 Å². The van der Waals surface area contributed by atoms with Crippen LogP contribution in [0.25, 0.3) is 17.1 Å². The molecule has 152 valence electrons. The van der Waals surface area contributed by atoms with Gasteiger partial charge in [0.25, 0.3) is 0 Å². The van der Waals surface area contributed by atoms with Crippen LogP contribution in [0.15, 0.2) is 59.8 Å². The van der Waals surface area contributed by atoms with Gasteiger partial charge in [-0.2, -0.15) is 0 Å². The van der Waals surface area contributed by atoms with Gasteiger partial charge in [0.05, 0.1) is 11.3 Å². The first kappa shape index (κ1) is 20.2. The summed E-state index contributed by atoms with van der Waals surface area (Å²) in [7, 11) is 0. The lowest BCUT2D eigenvalue weighted by Gasteiger charge is -2.10. The summed E-state index contributed by atoms with van der Waals surface area (Å²) >= 11 is 2.56. The fourth-order valence-corrected chi connectivity index (χ4v) is 4.17. The van der Waals surface area contributed by atoms with Crippen LogP contribution in [0.1, 0.15) is 11.9 Å². The number of hydrogen-bond donors (Lipinski definition) is 1. The maximum absolute atomic E-state index is 14.4. The number of carbonyl (C=O) groups excluding carboxylic acids is 1. The van der Waals surface area contributed by atoms with Crippen molar-refractivity contribution >= 4 is 34.1 Å². The maximum Gasteiger partial charge on any atom is 0.236 e. The third-order valence-corrected chi connectivity index (χ3v) is 6.02. The van der Waals surface area contributed by atoms with E-state index in [2.05, 4.69) is 25.7 Å². The molecule has 2 heterocycles. The Labute approximate surface area is 180 Å². The van der Waals surface area contributed by atoms with Crippen LogP contribution in [0.4, 0.5) is 9.52 Å². The van der Waals surface area contributed by atoms with Gasteiger partial charge in [-0.3, -0.25) is 14.7 Å². The minimum atomic E-state index is -0.389. The lowest BCUT2D eigenvalue weighted by atomic mass is 10.2. The smallest absolute Gasteiger partial charge is 0.236 e. The van der Waals surface area contributed by atoms with Crippen molar-refractivity contribution in [3.8, 4) is 17.1 Å². The molecule has 2 aromatic heterocycles. The van der Waals surface area contributed by atoms with Crippen LogP contribution in [0, 0.1) is 5.82 Å². The standard InChI is InChI=1S/C20H17FN6OS2/c1-2-17-23-25-19(30-17)22-16(28)12-29-20-26-24-18(14-10-6-7-11-15(14)21)27(20)13-8-4-3-5-9-13/h3-11H,2,12H2,1H3,(H,22,25,28). The Morgan fingerprint density at radius 3 is 2.57 bits per heavy atom. The summed E-state index contributed by atoms with van der Waals surface area (Å²) in [6, 6.07) is 15.8. The van der Waals surface area contributed by atoms with Gasteiger partial charge in [-0.05, 0) is 30.7 Å². The molecule has 0 saturated carbocycles. The zero-order chi connectivity index (χ0) is 20.9. The van der Waals surface area contributed by atoms with Crippen molar-refractivity contribution in [3.63, 3.8) is 0 Å². The van der Waals surface area contributed by atoms with Crippen molar-refractivity contribution in [1.82, 2.24) is 25.0 Å². The first-order valence-electron chi connectivity index (χ1n) is 9.16. The van der Waals surface area contributed by atoms with Gasteiger partial charge in [0.2, 0.25) is 11.0 Å². The van der Waals surface area contributed by atoms with Crippen LogP contribution in [0.2, 0.25) is 0 Å². The monoisotopic (exact) mass is 440 g/mol. The number of aryl methyl sites for hydroxylation is 1. The number of hydrogen-bond acceptors (Lipinski definition) is 7. The highest BCUT2D eigenvalue weighted by atomic mass is 32.2. The van der Waals surface area contributed by atoms with Gasteiger partial charge in [0.1, 0.15) is 10.8 Å². The summed E-state index contributed by atoms with van der Waals surface area (Å²) in [6.45, 7) is 1.98. The van der Waals surface area contributed by atoms with Crippen LogP contribution in [-0.2, 0) is 11.2 Å². The number of benzene rings is 2. The summed E-state index contributed by atoms with van der Waals surface area (Å²) < 4.78 is 16.2. The molecule has 1 N–H and O–H groups in total. The van der Waals surface area contributed by atoms with Crippen molar-refractivity contribution in [1.29, 1.82) is 0 Å². The van der Waals surface area contributed by atoms with Gasteiger partial charge < -0.3 is 0 Å². The largest absolute Gasteiger partial charge is 0.300 e. The lowest BCUT2D eigenvalue weighted by molar-refractivity contribution is -0.113. The highest BCUT2D eigenvalue weighted by molar-refractivity contribution is 7.99. The zero-order valence-electron chi connectivity index (χ0n) is 15.9. The molecule has 1 amide bonds. The number of rotatable bonds is 7. The van der Waals surface area contributed by atoms with Gasteiger partial charge in [0, 0.05) is 5.69 Å². The number of nitrogens with zero attached hydrogens (tertiary/aromatic N) is 5. The number of nitrogens with one attached hydrogen (secondary N) is 1. The Hall–Kier alpha value is -3.11. The van der Waals surface area contributed by atoms with Gasteiger partial charge in [-0.15, -0.1) is 20.4 Å². The molecule has 10 heteroatoms. The quantitative estimate of drug-likeness (QED) is 0.433. The van der Waals surface area contributed by atoms with E-state index in [4.69, 9.17) is 0 Å². The fraction of sp³-hybridized carbons (Fsp3) is 0.150. The Bertz CT molecular complexity index is 1160. The predicted molar refractivity (Wildman–Crippen MR) is 115 cm³/mol. The van der Waals surface area contributed by atoms with E-state index in [9.17, 15) is 9.18 Å². The summed E-state index contributed by atoms with van der Waals surface area (Å²) in [5.74, 6) is -0.143.